The fraction of sp³-hybridized carbons (Fsp3) is 0.700. The van der Waals surface area contributed by atoms with Gasteiger partial charge in [0.15, 0.2) is 0 Å². The molecule has 0 aromatic heterocycles. The van der Waals surface area contributed by atoms with Gasteiger partial charge in [-0.1, -0.05) is 19.4 Å². The summed E-state index contributed by atoms with van der Waals surface area (Å²) in [5.74, 6) is -0.0481. The second kappa shape index (κ2) is 5.02. The molecule has 0 radical (unpaired) electrons. The number of hydrogen-bond donors (Lipinski definition) is 1. The minimum Gasteiger partial charge on any atom is -0.381 e. The van der Waals surface area contributed by atoms with E-state index in [0.717, 1.165) is 31.4 Å². The number of carbonyl (C=O) groups excluding carboxylic acids is 1. The zero-order valence-corrected chi connectivity index (χ0v) is 8.08. The second-order valence-corrected chi connectivity index (χ2v) is 3.37. The molecule has 1 amide bonds. The van der Waals surface area contributed by atoms with Crippen LogP contribution in [0, 0.1) is 5.92 Å². The average molecular weight is 183 g/mol. The van der Waals surface area contributed by atoms with E-state index in [4.69, 9.17) is 10.5 Å². The number of allylic oxidation sites excluding steroid dienone is 1. The van der Waals surface area contributed by atoms with Gasteiger partial charge in [-0.3, -0.25) is 4.79 Å². The molecule has 2 N–H and O–H groups in total. The van der Waals surface area contributed by atoms with E-state index in [1.807, 2.05) is 6.08 Å². The van der Waals surface area contributed by atoms with E-state index in [0.29, 0.717) is 6.61 Å². The van der Waals surface area contributed by atoms with Crippen molar-refractivity contribution in [1.82, 2.24) is 0 Å². The monoisotopic (exact) mass is 183 g/mol. The second-order valence-electron chi connectivity index (χ2n) is 3.37. The Kier molecular flexibility index (Phi) is 3.96. The molecule has 0 aromatic rings. The lowest BCUT2D eigenvalue weighted by Gasteiger charge is -2.09. The smallest absolute Gasteiger partial charge is 0.244 e. The van der Waals surface area contributed by atoms with E-state index in [1.165, 1.54) is 0 Å². The summed E-state index contributed by atoms with van der Waals surface area (Å²) in [6, 6.07) is 0. The molecule has 1 aliphatic rings. The van der Waals surface area contributed by atoms with E-state index in [1.54, 1.807) is 0 Å². The molecule has 1 unspecified atom stereocenters. The Morgan fingerprint density at radius 3 is 2.92 bits per heavy atom. The number of ether oxygens (including phenoxy) is 1. The van der Waals surface area contributed by atoms with Crippen molar-refractivity contribution < 1.29 is 9.53 Å². The van der Waals surface area contributed by atoms with Gasteiger partial charge in [-0.2, -0.15) is 0 Å². The predicted octanol–water partition coefficient (Wildman–Crippen LogP) is 1.23. The van der Waals surface area contributed by atoms with Crippen molar-refractivity contribution in [2.75, 3.05) is 13.2 Å². The number of hydrogen-bond acceptors (Lipinski definition) is 2. The van der Waals surface area contributed by atoms with Gasteiger partial charge < -0.3 is 10.5 Å². The SMILES string of the molecule is CCC/C=C(/C(N)=O)C1CCOC1. The van der Waals surface area contributed by atoms with E-state index in [-0.39, 0.29) is 11.8 Å². The van der Waals surface area contributed by atoms with Crippen LogP contribution >= 0.6 is 0 Å². The standard InChI is InChI=1S/C10H17NO2/c1-2-3-4-9(10(11)12)8-5-6-13-7-8/h4,8H,2-3,5-7H2,1H3,(H2,11,12)/b9-4+. The molecule has 1 rings (SSSR count). The average Bonchev–Trinajstić information content (AvgIpc) is 2.57. The van der Waals surface area contributed by atoms with Gasteiger partial charge in [-0.15, -0.1) is 0 Å². The predicted molar refractivity (Wildman–Crippen MR) is 51.1 cm³/mol. The van der Waals surface area contributed by atoms with Crippen LogP contribution in [0.15, 0.2) is 11.6 Å². The first-order valence-electron chi connectivity index (χ1n) is 4.83. The van der Waals surface area contributed by atoms with Gasteiger partial charge in [0.2, 0.25) is 5.91 Å². The zero-order valence-electron chi connectivity index (χ0n) is 8.08. The van der Waals surface area contributed by atoms with Gasteiger partial charge in [-0.05, 0) is 12.8 Å². The van der Waals surface area contributed by atoms with Gasteiger partial charge in [-0.25, -0.2) is 0 Å². The highest BCUT2D eigenvalue weighted by Crippen LogP contribution is 2.21. The van der Waals surface area contributed by atoms with Crippen LogP contribution in [-0.4, -0.2) is 19.1 Å². The number of nitrogens with two attached hydrogens (primary N) is 1. The molecule has 0 bridgehead atoms. The summed E-state index contributed by atoms with van der Waals surface area (Å²) in [4.78, 5) is 11.1. The van der Waals surface area contributed by atoms with E-state index < -0.39 is 0 Å². The summed E-state index contributed by atoms with van der Waals surface area (Å²) in [7, 11) is 0. The van der Waals surface area contributed by atoms with Crippen molar-refractivity contribution in [3.63, 3.8) is 0 Å². The molecule has 1 aliphatic heterocycles. The topological polar surface area (TPSA) is 52.3 Å². The minimum absolute atomic E-state index is 0.240. The fourth-order valence-electron chi connectivity index (χ4n) is 1.55. The molecule has 1 heterocycles. The van der Waals surface area contributed by atoms with E-state index in [9.17, 15) is 4.79 Å². The van der Waals surface area contributed by atoms with Crippen LogP contribution in [0.1, 0.15) is 26.2 Å². The molecule has 3 nitrogen and oxygen atoms in total. The molecule has 74 valence electrons. The van der Waals surface area contributed by atoms with Crippen LogP contribution in [0.25, 0.3) is 0 Å². The Balaban J connectivity index is 2.60. The Labute approximate surface area is 78.9 Å². The molecule has 1 saturated heterocycles. The summed E-state index contributed by atoms with van der Waals surface area (Å²) < 4.78 is 5.22. The molecule has 0 saturated carbocycles. The summed E-state index contributed by atoms with van der Waals surface area (Å²) in [6.45, 7) is 3.49. The highest BCUT2D eigenvalue weighted by atomic mass is 16.5. The van der Waals surface area contributed by atoms with Crippen molar-refractivity contribution in [3.05, 3.63) is 11.6 Å². The Hall–Kier alpha value is -0.830. The number of amides is 1. The quantitative estimate of drug-likeness (QED) is 0.666. The molecule has 0 spiro atoms. The van der Waals surface area contributed by atoms with Gasteiger partial charge in [0.1, 0.15) is 0 Å². The normalized spacial score (nSPS) is 23.5. The van der Waals surface area contributed by atoms with Crippen molar-refractivity contribution >= 4 is 5.91 Å². The highest BCUT2D eigenvalue weighted by Gasteiger charge is 2.22. The molecule has 0 aromatic carbocycles. The Morgan fingerprint density at radius 2 is 2.46 bits per heavy atom. The lowest BCUT2D eigenvalue weighted by Crippen LogP contribution is -2.20. The molecular weight excluding hydrogens is 166 g/mol. The third-order valence-electron chi connectivity index (χ3n) is 2.31. The van der Waals surface area contributed by atoms with Crippen LogP contribution in [0.2, 0.25) is 0 Å². The van der Waals surface area contributed by atoms with Crippen molar-refractivity contribution in [1.29, 1.82) is 0 Å². The zero-order chi connectivity index (χ0) is 9.68. The number of rotatable bonds is 4. The Morgan fingerprint density at radius 1 is 1.69 bits per heavy atom. The molecule has 3 heteroatoms. The summed E-state index contributed by atoms with van der Waals surface area (Å²) in [5.41, 5.74) is 6.06. The maximum absolute atomic E-state index is 11.1. The van der Waals surface area contributed by atoms with E-state index >= 15 is 0 Å². The van der Waals surface area contributed by atoms with Crippen molar-refractivity contribution in [2.24, 2.45) is 11.7 Å². The van der Waals surface area contributed by atoms with Crippen LogP contribution in [0.5, 0.6) is 0 Å². The van der Waals surface area contributed by atoms with Gasteiger partial charge in [0.05, 0.1) is 6.61 Å². The summed E-state index contributed by atoms with van der Waals surface area (Å²) in [5, 5.41) is 0. The summed E-state index contributed by atoms with van der Waals surface area (Å²) in [6.07, 6.45) is 4.86. The highest BCUT2D eigenvalue weighted by molar-refractivity contribution is 5.92. The maximum atomic E-state index is 11.1. The number of primary amides is 1. The lowest BCUT2D eigenvalue weighted by molar-refractivity contribution is -0.115. The lowest BCUT2D eigenvalue weighted by atomic mass is 9.96. The third-order valence-corrected chi connectivity index (χ3v) is 2.31. The first-order valence-corrected chi connectivity index (χ1v) is 4.83. The largest absolute Gasteiger partial charge is 0.381 e. The van der Waals surface area contributed by atoms with Gasteiger partial charge in [0, 0.05) is 18.1 Å². The molecular formula is C10H17NO2. The molecule has 1 atom stereocenters. The number of carbonyl (C=O) groups is 1. The third kappa shape index (κ3) is 2.84. The maximum Gasteiger partial charge on any atom is 0.244 e. The van der Waals surface area contributed by atoms with Gasteiger partial charge in [0.25, 0.3) is 0 Å². The molecule has 13 heavy (non-hydrogen) atoms. The van der Waals surface area contributed by atoms with Crippen molar-refractivity contribution in [2.45, 2.75) is 26.2 Å². The molecule has 0 aliphatic carbocycles. The van der Waals surface area contributed by atoms with Crippen LogP contribution in [0.4, 0.5) is 0 Å². The Bertz CT molecular complexity index is 205. The fourth-order valence-corrected chi connectivity index (χ4v) is 1.55. The minimum atomic E-state index is -0.288. The van der Waals surface area contributed by atoms with Gasteiger partial charge >= 0.3 is 0 Å². The van der Waals surface area contributed by atoms with Crippen LogP contribution in [0.3, 0.4) is 0 Å². The first kappa shape index (κ1) is 10.3. The number of unbranched alkanes of at least 4 members (excludes halogenated alkanes) is 1. The van der Waals surface area contributed by atoms with Crippen LogP contribution < -0.4 is 5.73 Å². The molecule has 1 fully saturated rings. The first-order chi connectivity index (χ1) is 6.25. The summed E-state index contributed by atoms with van der Waals surface area (Å²) >= 11 is 0. The van der Waals surface area contributed by atoms with Crippen molar-refractivity contribution in [3.8, 4) is 0 Å². The van der Waals surface area contributed by atoms with Crippen LogP contribution in [-0.2, 0) is 9.53 Å². The van der Waals surface area contributed by atoms with E-state index in [2.05, 4.69) is 6.92 Å².